The lowest BCUT2D eigenvalue weighted by atomic mass is 10.1. The Morgan fingerprint density at radius 3 is 2.59 bits per heavy atom. The molecule has 0 atom stereocenters. The van der Waals surface area contributed by atoms with Crippen LogP contribution in [0.5, 0.6) is 5.75 Å². The van der Waals surface area contributed by atoms with Gasteiger partial charge in [0.25, 0.3) is 0 Å². The molecule has 0 bridgehead atoms. The average molecular weight is 418 g/mol. The summed E-state index contributed by atoms with van der Waals surface area (Å²) in [4.78, 5) is 12.3. The number of rotatable bonds is 8. The highest BCUT2D eigenvalue weighted by molar-refractivity contribution is 7.99. The standard InChI is InChI=1S/C20H20F2N4O2S/c1-3-13-6-4-5-7-16(13)23-17(27)12-29-20-25-24-18(26(20)2)14-8-10-15(11-9-14)28-19(21)22/h4-11,19H,3,12H2,1-2H3,(H,23,27). The van der Waals surface area contributed by atoms with Gasteiger partial charge in [0.1, 0.15) is 5.75 Å². The number of amides is 1. The number of hydrogen-bond donors (Lipinski definition) is 1. The van der Waals surface area contributed by atoms with Crippen LogP contribution in [0.4, 0.5) is 14.5 Å². The highest BCUT2D eigenvalue weighted by Gasteiger charge is 2.14. The van der Waals surface area contributed by atoms with Crippen LogP contribution in [0.25, 0.3) is 11.4 Å². The van der Waals surface area contributed by atoms with Gasteiger partial charge in [0, 0.05) is 18.3 Å². The van der Waals surface area contributed by atoms with E-state index in [2.05, 4.69) is 20.3 Å². The van der Waals surface area contributed by atoms with E-state index in [0.717, 1.165) is 17.7 Å². The second-order valence-electron chi connectivity index (χ2n) is 6.12. The molecular formula is C20H20F2N4O2S. The van der Waals surface area contributed by atoms with Crippen molar-refractivity contribution in [2.45, 2.75) is 25.1 Å². The highest BCUT2D eigenvalue weighted by Crippen LogP contribution is 2.25. The Hall–Kier alpha value is -2.94. The van der Waals surface area contributed by atoms with Crippen molar-refractivity contribution in [3.63, 3.8) is 0 Å². The van der Waals surface area contributed by atoms with Gasteiger partial charge in [-0.05, 0) is 42.3 Å². The first-order valence-corrected chi connectivity index (χ1v) is 9.91. The second kappa shape index (κ2) is 9.51. The van der Waals surface area contributed by atoms with Crippen molar-refractivity contribution in [3.8, 4) is 17.1 Å². The molecule has 9 heteroatoms. The van der Waals surface area contributed by atoms with Gasteiger partial charge in [-0.1, -0.05) is 36.9 Å². The van der Waals surface area contributed by atoms with Crippen LogP contribution in [-0.2, 0) is 18.3 Å². The van der Waals surface area contributed by atoms with Gasteiger partial charge in [0.15, 0.2) is 11.0 Å². The number of carbonyl (C=O) groups is 1. The summed E-state index contributed by atoms with van der Waals surface area (Å²) in [6.07, 6.45) is 0.831. The van der Waals surface area contributed by atoms with E-state index in [1.54, 1.807) is 23.7 Å². The SMILES string of the molecule is CCc1ccccc1NC(=O)CSc1nnc(-c2ccc(OC(F)F)cc2)n1C. The van der Waals surface area contributed by atoms with E-state index in [1.165, 1.54) is 23.9 Å². The van der Waals surface area contributed by atoms with Crippen LogP contribution in [0.2, 0.25) is 0 Å². The van der Waals surface area contributed by atoms with Gasteiger partial charge in [-0.25, -0.2) is 0 Å². The van der Waals surface area contributed by atoms with Gasteiger partial charge < -0.3 is 14.6 Å². The van der Waals surface area contributed by atoms with E-state index in [-0.39, 0.29) is 17.4 Å². The number of alkyl halides is 2. The third-order valence-electron chi connectivity index (χ3n) is 4.18. The van der Waals surface area contributed by atoms with Crippen LogP contribution in [0.15, 0.2) is 53.7 Å². The molecule has 0 radical (unpaired) electrons. The molecule has 0 saturated heterocycles. The van der Waals surface area contributed by atoms with Gasteiger partial charge >= 0.3 is 6.61 Å². The number of thioether (sulfide) groups is 1. The predicted molar refractivity (Wildman–Crippen MR) is 108 cm³/mol. The number of para-hydroxylation sites is 1. The zero-order valence-corrected chi connectivity index (χ0v) is 16.7. The van der Waals surface area contributed by atoms with Crippen molar-refractivity contribution in [1.29, 1.82) is 0 Å². The van der Waals surface area contributed by atoms with E-state index >= 15 is 0 Å². The summed E-state index contributed by atoms with van der Waals surface area (Å²) in [7, 11) is 1.78. The Morgan fingerprint density at radius 2 is 1.90 bits per heavy atom. The molecule has 0 unspecified atom stereocenters. The molecule has 0 aliphatic heterocycles. The molecule has 0 saturated carbocycles. The first-order valence-electron chi connectivity index (χ1n) is 8.93. The molecule has 29 heavy (non-hydrogen) atoms. The number of anilines is 1. The summed E-state index contributed by atoms with van der Waals surface area (Å²) < 4.78 is 30.6. The molecular weight excluding hydrogens is 398 g/mol. The van der Waals surface area contributed by atoms with Crippen molar-refractivity contribution in [2.24, 2.45) is 7.05 Å². The smallest absolute Gasteiger partial charge is 0.387 e. The van der Waals surface area contributed by atoms with E-state index in [1.807, 2.05) is 31.2 Å². The molecule has 1 aromatic heterocycles. The molecule has 0 spiro atoms. The van der Waals surface area contributed by atoms with E-state index in [0.29, 0.717) is 16.5 Å². The van der Waals surface area contributed by atoms with E-state index < -0.39 is 6.61 Å². The van der Waals surface area contributed by atoms with Crippen molar-refractivity contribution < 1.29 is 18.3 Å². The molecule has 0 fully saturated rings. The summed E-state index contributed by atoms with van der Waals surface area (Å²) in [5.74, 6) is 0.692. The van der Waals surface area contributed by atoms with Crippen LogP contribution in [0, 0.1) is 0 Å². The number of aromatic nitrogens is 3. The van der Waals surface area contributed by atoms with Crippen molar-refractivity contribution in [3.05, 3.63) is 54.1 Å². The number of carbonyl (C=O) groups excluding carboxylic acids is 1. The fourth-order valence-electron chi connectivity index (χ4n) is 2.74. The number of nitrogens with one attached hydrogen (secondary N) is 1. The van der Waals surface area contributed by atoms with Crippen LogP contribution in [0.1, 0.15) is 12.5 Å². The summed E-state index contributed by atoms with van der Waals surface area (Å²) in [6.45, 7) is -0.832. The van der Waals surface area contributed by atoms with Crippen LogP contribution >= 0.6 is 11.8 Å². The van der Waals surface area contributed by atoms with Gasteiger partial charge in [-0.3, -0.25) is 4.79 Å². The fraction of sp³-hybridized carbons (Fsp3) is 0.250. The Kier molecular flexibility index (Phi) is 6.82. The molecule has 3 aromatic rings. The number of nitrogens with zero attached hydrogens (tertiary/aromatic N) is 3. The largest absolute Gasteiger partial charge is 0.435 e. The Balaban J connectivity index is 1.63. The lowest BCUT2D eigenvalue weighted by Gasteiger charge is -2.09. The maximum Gasteiger partial charge on any atom is 0.387 e. The number of hydrogen-bond acceptors (Lipinski definition) is 5. The quantitative estimate of drug-likeness (QED) is 0.550. The number of benzene rings is 2. The number of ether oxygens (including phenoxy) is 1. The zero-order chi connectivity index (χ0) is 20.8. The molecule has 0 aliphatic rings. The second-order valence-corrected chi connectivity index (χ2v) is 7.06. The molecule has 3 rings (SSSR count). The van der Waals surface area contributed by atoms with Crippen molar-refractivity contribution in [1.82, 2.24) is 14.8 Å². The summed E-state index contributed by atoms with van der Waals surface area (Å²) in [6, 6.07) is 13.8. The molecule has 2 aromatic carbocycles. The molecule has 0 aliphatic carbocycles. The van der Waals surface area contributed by atoms with Crippen molar-refractivity contribution in [2.75, 3.05) is 11.1 Å². The van der Waals surface area contributed by atoms with Gasteiger partial charge in [0.05, 0.1) is 5.75 Å². The minimum atomic E-state index is -2.87. The normalized spacial score (nSPS) is 10.9. The minimum absolute atomic E-state index is 0.0737. The molecule has 1 N–H and O–H groups in total. The predicted octanol–water partition coefficient (Wildman–Crippen LogP) is 4.38. The number of aryl methyl sites for hydroxylation is 1. The fourth-order valence-corrected chi connectivity index (χ4v) is 3.46. The monoisotopic (exact) mass is 418 g/mol. The molecule has 1 amide bonds. The topological polar surface area (TPSA) is 69.0 Å². The number of halogens is 2. The lowest BCUT2D eigenvalue weighted by molar-refractivity contribution is -0.113. The van der Waals surface area contributed by atoms with Crippen LogP contribution in [0.3, 0.4) is 0 Å². The Labute approximate surface area is 171 Å². The Morgan fingerprint density at radius 1 is 1.17 bits per heavy atom. The third-order valence-corrected chi connectivity index (χ3v) is 5.20. The summed E-state index contributed by atoms with van der Waals surface area (Å²) in [5, 5.41) is 11.8. The maximum absolute atomic E-state index is 12.3. The Bertz CT molecular complexity index is 977. The highest BCUT2D eigenvalue weighted by atomic mass is 32.2. The molecule has 1 heterocycles. The third kappa shape index (κ3) is 5.32. The van der Waals surface area contributed by atoms with Crippen molar-refractivity contribution >= 4 is 23.4 Å². The molecule has 6 nitrogen and oxygen atoms in total. The van der Waals surface area contributed by atoms with E-state index in [4.69, 9.17) is 0 Å². The minimum Gasteiger partial charge on any atom is -0.435 e. The maximum atomic E-state index is 12.3. The first kappa shape index (κ1) is 20.8. The lowest BCUT2D eigenvalue weighted by Crippen LogP contribution is -2.15. The summed E-state index contributed by atoms with van der Waals surface area (Å²) in [5.41, 5.74) is 2.59. The van der Waals surface area contributed by atoms with Gasteiger partial charge in [-0.15, -0.1) is 10.2 Å². The van der Waals surface area contributed by atoms with Gasteiger partial charge in [0.2, 0.25) is 5.91 Å². The van der Waals surface area contributed by atoms with Gasteiger partial charge in [-0.2, -0.15) is 8.78 Å². The van der Waals surface area contributed by atoms with Crippen LogP contribution in [-0.4, -0.2) is 33.0 Å². The van der Waals surface area contributed by atoms with E-state index in [9.17, 15) is 13.6 Å². The average Bonchev–Trinajstić information content (AvgIpc) is 3.07. The zero-order valence-electron chi connectivity index (χ0n) is 15.9. The van der Waals surface area contributed by atoms with Crippen LogP contribution < -0.4 is 10.1 Å². The molecule has 152 valence electrons. The first-order chi connectivity index (χ1) is 14.0. The summed E-state index contributed by atoms with van der Waals surface area (Å²) >= 11 is 1.27.